The van der Waals surface area contributed by atoms with Gasteiger partial charge in [0.1, 0.15) is 34.3 Å². The molecule has 5 aromatic rings. The molecule has 7 nitrogen and oxygen atoms in total. The molecule has 4 aromatic carbocycles. The molecule has 0 amide bonds. The van der Waals surface area contributed by atoms with Crippen LogP contribution in [0, 0.1) is 4.91 Å². The molecule has 1 aliphatic heterocycles. The highest BCUT2D eigenvalue weighted by molar-refractivity contribution is 6.07. The lowest BCUT2D eigenvalue weighted by molar-refractivity contribution is 0.226. The van der Waals surface area contributed by atoms with E-state index in [1.807, 2.05) is 42.3 Å². The molecule has 38 heavy (non-hydrogen) atoms. The molecule has 1 aliphatic rings. The average Bonchev–Trinajstić information content (AvgIpc) is 2.91. The van der Waals surface area contributed by atoms with Crippen LogP contribution >= 0.6 is 0 Å². The molecular formula is C31H26N2O5. The van der Waals surface area contributed by atoms with E-state index in [1.165, 1.54) is 6.07 Å². The molecule has 0 spiro atoms. The summed E-state index contributed by atoms with van der Waals surface area (Å²) in [6.45, 7) is 1.12. The second kappa shape index (κ2) is 9.43. The summed E-state index contributed by atoms with van der Waals surface area (Å²) in [5, 5.41) is 29.0. The summed E-state index contributed by atoms with van der Waals surface area (Å²) in [4.78, 5) is 26.9. The fraction of sp³-hybridized carbons (Fsp3) is 0.194. The number of piperidine rings is 1. The van der Waals surface area contributed by atoms with Crippen LogP contribution in [0.1, 0.15) is 29.2 Å². The first-order valence-electron chi connectivity index (χ1n) is 12.6. The quantitative estimate of drug-likeness (QED) is 0.221. The summed E-state index contributed by atoms with van der Waals surface area (Å²) in [5.74, 6) is -0.762. The van der Waals surface area contributed by atoms with Crippen molar-refractivity contribution in [1.82, 2.24) is 4.90 Å². The van der Waals surface area contributed by atoms with E-state index < -0.39 is 17.4 Å². The van der Waals surface area contributed by atoms with Crippen molar-refractivity contribution in [2.45, 2.75) is 18.4 Å². The Kier molecular flexibility index (Phi) is 5.93. The number of hydrogen-bond acceptors (Lipinski definition) is 7. The van der Waals surface area contributed by atoms with E-state index in [-0.39, 0.29) is 28.2 Å². The van der Waals surface area contributed by atoms with E-state index in [0.717, 1.165) is 33.2 Å². The van der Waals surface area contributed by atoms with Gasteiger partial charge in [-0.15, -0.1) is 0 Å². The zero-order valence-electron chi connectivity index (χ0n) is 20.8. The number of rotatable bonds is 4. The third-order valence-corrected chi connectivity index (χ3v) is 7.54. The maximum atomic E-state index is 13.2. The Balaban J connectivity index is 1.54. The van der Waals surface area contributed by atoms with E-state index in [2.05, 4.69) is 35.5 Å². The highest BCUT2D eigenvalue weighted by Gasteiger charge is 2.34. The van der Waals surface area contributed by atoms with Gasteiger partial charge in [-0.05, 0) is 59.3 Å². The molecule has 2 heterocycles. The zero-order chi connectivity index (χ0) is 26.4. The number of phenolic OH excluding ortho intramolecular Hbond substituents is 2. The Morgan fingerprint density at radius 1 is 0.947 bits per heavy atom. The van der Waals surface area contributed by atoms with Crippen molar-refractivity contribution >= 4 is 44.7 Å². The number of benzene rings is 4. The van der Waals surface area contributed by atoms with E-state index in [0.29, 0.717) is 25.1 Å². The molecule has 0 radical (unpaired) electrons. The molecule has 2 N–H and O–H groups in total. The molecule has 6 rings (SSSR count). The number of nitroso groups, excluding NO2 is 1. The lowest BCUT2D eigenvalue weighted by Gasteiger charge is -2.33. The van der Waals surface area contributed by atoms with Gasteiger partial charge in [0.05, 0.1) is 0 Å². The van der Waals surface area contributed by atoms with Crippen LogP contribution in [0.25, 0.3) is 44.7 Å². The van der Waals surface area contributed by atoms with Gasteiger partial charge in [0.25, 0.3) is 0 Å². The fourth-order valence-electron chi connectivity index (χ4n) is 5.71. The third kappa shape index (κ3) is 4.01. The molecule has 1 saturated heterocycles. The van der Waals surface area contributed by atoms with Gasteiger partial charge >= 0.3 is 0 Å². The van der Waals surface area contributed by atoms with Gasteiger partial charge < -0.3 is 19.5 Å². The van der Waals surface area contributed by atoms with Crippen LogP contribution < -0.4 is 5.43 Å². The monoisotopic (exact) mass is 506 g/mol. The van der Waals surface area contributed by atoms with Crippen molar-refractivity contribution in [3.63, 3.8) is 0 Å². The number of phenols is 2. The van der Waals surface area contributed by atoms with E-state index in [4.69, 9.17) is 4.42 Å². The van der Waals surface area contributed by atoms with Crippen molar-refractivity contribution in [3.05, 3.63) is 98.7 Å². The number of nitrogens with zero attached hydrogens (tertiary/aromatic N) is 2. The van der Waals surface area contributed by atoms with E-state index in [1.54, 1.807) is 6.08 Å². The first kappa shape index (κ1) is 23.9. The van der Waals surface area contributed by atoms with Gasteiger partial charge in [0.2, 0.25) is 0 Å². The number of fused-ring (bicyclic) bond motifs is 3. The number of aromatic hydroxyl groups is 2. The van der Waals surface area contributed by atoms with Crippen LogP contribution in [0.15, 0.2) is 81.1 Å². The average molecular weight is 507 g/mol. The first-order chi connectivity index (χ1) is 18.4. The predicted octanol–water partition coefficient (Wildman–Crippen LogP) is 6.24. The van der Waals surface area contributed by atoms with E-state index >= 15 is 0 Å². The standard InChI is InChI=1S/C31H26N2O5/c1-33-13-12-24(25(17-33)32-37)29-27(35)16-28(36)30-26(34)15-20(38-31(29)30)10-11-23-21-8-4-2-6-18(21)14-19-7-3-5-9-22(19)23/h2-11,14-16,24-25,35-36H,12-13,17H2,1H3/b11-10+. The van der Waals surface area contributed by atoms with Gasteiger partial charge in [-0.25, -0.2) is 0 Å². The first-order valence-corrected chi connectivity index (χ1v) is 12.6. The minimum absolute atomic E-state index is 0.0193. The molecule has 190 valence electrons. The van der Waals surface area contributed by atoms with Gasteiger partial charge in [0.15, 0.2) is 5.43 Å². The molecule has 0 saturated carbocycles. The topological polar surface area (TPSA) is 103 Å². The Labute approximate surface area is 218 Å². The Morgan fingerprint density at radius 3 is 2.32 bits per heavy atom. The van der Waals surface area contributed by atoms with Crippen LogP contribution in [0.3, 0.4) is 0 Å². The lowest BCUT2D eigenvalue weighted by Crippen LogP contribution is -2.39. The molecule has 0 bridgehead atoms. The highest BCUT2D eigenvalue weighted by atomic mass is 16.3. The maximum absolute atomic E-state index is 13.2. The van der Waals surface area contributed by atoms with Gasteiger partial charge in [-0.1, -0.05) is 59.8 Å². The molecule has 1 fully saturated rings. The minimum atomic E-state index is -0.626. The Hall–Kier alpha value is -4.49. The lowest BCUT2D eigenvalue weighted by atomic mass is 9.84. The molecule has 0 aliphatic carbocycles. The highest BCUT2D eigenvalue weighted by Crippen LogP contribution is 2.42. The second-order valence-electron chi connectivity index (χ2n) is 9.94. The predicted molar refractivity (Wildman–Crippen MR) is 151 cm³/mol. The SMILES string of the molecule is CN1CCC(c2c(O)cc(O)c3c(=O)cc(/C=C/c4c5ccccc5cc5ccccc45)oc23)C(N=O)C1. The van der Waals surface area contributed by atoms with Crippen LogP contribution in [-0.2, 0) is 0 Å². The third-order valence-electron chi connectivity index (χ3n) is 7.54. The largest absolute Gasteiger partial charge is 0.507 e. The normalized spacial score (nSPS) is 18.6. The molecular weight excluding hydrogens is 480 g/mol. The smallest absolute Gasteiger partial charge is 0.197 e. The Bertz CT molecular complexity index is 1750. The van der Waals surface area contributed by atoms with Crippen LogP contribution in [0.4, 0.5) is 0 Å². The molecule has 2 atom stereocenters. The molecule has 7 heteroatoms. The summed E-state index contributed by atoms with van der Waals surface area (Å²) in [6.07, 6.45) is 4.19. The van der Waals surface area contributed by atoms with Crippen molar-refractivity contribution < 1.29 is 14.6 Å². The van der Waals surface area contributed by atoms with Crippen molar-refractivity contribution in [2.75, 3.05) is 20.1 Å². The fourth-order valence-corrected chi connectivity index (χ4v) is 5.71. The maximum Gasteiger partial charge on any atom is 0.197 e. The van der Waals surface area contributed by atoms with Gasteiger partial charge in [0, 0.05) is 30.2 Å². The van der Waals surface area contributed by atoms with Crippen molar-refractivity contribution in [2.24, 2.45) is 5.18 Å². The van der Waals surface area contributed by atoms with Gasteiger partial charge in [-0.2, -0.15) is 4.91 Å². The Morgan fingerprint density at radius 2 is 1.63 bits per heavy atom. The second-order valence-corrected chi connectivity index (χ2v) is 9.94. The number of likely N-dealkylation sites (tertiary alicyclic amines) is 1. The van der Waals surface area contributed by atoms with Gasteiger partial charge in [-0.3, -0.25) is 4.79 Å². The summed E-state index contributed by atoms with van der Waals surface area (Å²) in [7, 11) is 1.91. The van der Waals surface area contributed by atoms with E-state index in [9.17, 15) is 19.9 Å². The zero-order valence-corrected chi connectivity index (χ0v) is 20.8. The number of hydrogen-bond donors (Lipinski definition) is 2. The van der Waals surface area contributed by atoms with Crippen molar-refractivity contribution in [3.8, 4) is 11.5 Å². The summed E-state index contributed by atoms with van der Waals surface area (Å²) in [6, 6.07) is 20.2. The van der Waals surface area contributed by atoms with Crippen LogP contribution in [-0.4, -0.2) is 41.3 Å². The van der Waals surface area contributed by atoms with Crippen molar-refractivity contribution in [1.29, 1.82) is 0 Å². The minimum Gasteiger partial charge on any atom is -0.507 e. The van der Waals surface area contributed by atoms with Crippen LogP contribution in [0.5, 0.6) is 11.5 Å². The molecule has 1 aromatic heterocycles. The number of likely N-dealkylation sites (N-methyl/N-ethyl adjacent to an activating group) is 1. The van der Waals surface area contributed by atoms with Crippen LogP contribution in [0.2, 0.25) is 0 Å². The summed E-state index contributed by atoms with van der Waals surface area (Å²) in [5.41, 5.74) is 0.969. The summed E-state index contributed by atoms with van der Waals surface area (Å²) < 4.78 is 6.19. The molecule has 2 unspecified atom stereocenters. The summed E-state index contributed by atoms with van der Waals surface area (Å²) >= 11 is 0.